The normalized spacial score (nSPS) is 10.3. The van der Waals surface area contributed by atoms with Gasteiger partial charge < -0.3 is 5.32 Å². The van der Waals surface area contributed by atoms with Gasteiger partial charge in [-0.05, 0) is 32.4 Å². The summed E-state index contributed by atoms with van der Waals surface area (Å²) in [4.78, 5) is 0. The van der Waals surface area contributed by atoms with Crippen molar-refractivity contribution < 1.29 is 0 Å². The molecular weight excluding hydrogens is 146 g/mol. The molecule has 0 aromatic rings. The fourth-order valence-corrected chi connectivity index (χ4v) is 0.601. The molecule has 74 valence electrons. The standard InChI is InChI=1S/C9H19N.C2H6/c1-8(2)6-5-7-10-9(3)4;1-2/h5,7-10H,6H2,1-4H3;1-2H3. The number of allylic oxidation sites excluding steroid dienone is 1. The van der Waals surface area contributed by atoms with Crippen molar-refractivity contribution in [3.05, 3.63) is 12.3 Å². The minimum Gasteiger partial charge on any atom is -0.389 e. The van der Waals surface area contributed by atoms with E-state index in [4.69, 9.17) is 0 Å². The van der Waals surface area contributed by atoms with Crippen LogP contribution in [0.5, 0.6) is 0 Å². The smallest absolute Gasteiger partial charge is 0.0199 e. The van der Waals surface area contributed by atoms with Crippen molar-refractivity contribution in [2.75, 3.05) is 0 Å². The summed E-state index contributed by atoms with van der Waals surface area (Å²) < 4.78 is 0. The number of hydrogen-bond donors (Lipinski definition) is 1. The molecule has 0 spiro atoms. The van der Waals surface area contributed by atoms with Crippen LogP contribution in [-0.2, 0) is 0 Å². The maximum absolute atomic E-state index is 3.22. The molecular formula is C11H25N. The Bertz CT molecular complexity index is 81.2. The van der Waals surface area contributed by atoms with E-state index >= 15 is 0 Å². The highest BCUT2D eigenvalue weighted by Crippen LogP contribution is 1.98. The van der Waals surface area contributed by atoms with Crippen LogP contribution < -0.4 is 5.32 Å². The molecule has 1 N–H and O–H groups in total. The van der Waals surface area contributed by atoms with Gasteiger partial charge in [-0.2, -0.15) is 0 Å². The SMILES string of the molecule is CC.CC(C)CC=CNC(C)C. The van der Waals surface area contributed by atoms with Gasteiger partial charge in [0.15, 0.2) is 0 Å². The predicted molar refractivity (Wildman–Crippen MR) is 58.2 cm³/mol. The minimum atomic E-state index is 0.559. The van der Waals surface area contributed by atoms with E-state index in [1.54, 1.807) is 0 Å². The molecule has 0 amide bonds. The molecule has 0 radical (unpaired) electrons. The summed E-state index contributed by atoms with van der Waals surface area (Å²) >= 11 is 0. The summed E-state index contributed by atoms with van der Waals surface area (Å²) in [5.41, 5.74) is 0. The highest BCUT2D eigenvalue weighted by Gasteiger charge is 1.87. The van der Waals surface area contributed by atoms with Crippen LogP contribution in [-0.4, -0.2) is 6.04 Å². The first-order valence-electron chi connectivity index (χ1n) is 5.04. The Morgan fingerprint density at radius 2 is 1.58 bits per heavy atom. The summed E-state index contributed by atoms with van der Waals surface area (Å²) in [5.74, 6) is 0.769. The maximum atomic E-state index is 3.22. The second-order valence-corrected chi connectivity index (χ2v) is 3.35. The Morgan fingerprint density at radius 3 is 1.92 bits per heavy atom. The highest BCUT2D eigenvalue weighted by atomic mass is 14.9. The van der Waals surface area contributed by atoms with E-state index in [0.29, 0.717) is 6.04 Å². The van der Waals surface area contributed by atoms with E-state index in [9.17, 15) is 0 Å². The average Bonchev–Trinajstić information content (AvgIpc) is 2.02. The van der Waals surface area contributed by atoms with Crippen LogP contribution in [0.15, 0.2) is 12.3 Å². The van der Waals surface area contributed by atoms with Crippen LogP contribution in [0.4, 0.5) is 0 Å². The van der Waals surface area contributed by atoms with E-state index in [0.717, 1.165) is 5.92 Å². The topological polar surface area (TPSA) is 12.0 Å². The van der Waals surface area contributed by atoms with Crippen molar-refractivity contribution in [3.63, 3.8) is 0 Å². The summed E-state index contributed by atoms with van der Waals surface area (Å²) in [5, 5.41) is 3.22. The average molecular weight is 171 g/mol. The second-order valence-electron chi connectivity index (χ2n) is 3.35. The molecule has 0 rings (SSSR count). The molecule has 1 heteroatoms. The molecule has 0 aromatic heterocycles. The van der Waals surface area contributed by atoms with Crippen molar-refractivity contribution in [1.29, 1.82) is 0 Å². The van der Waals surface area contributed by atoms with Gasteiger partial charge in [-0.3, -0.25) is 0 Å². The van der Waals surface area contributed by atoms with E-state index in [2.05, 4.69) is 39.1 Å². The van der Waals surface area contributed by atoms with Crippen LogP contribution in [0.2, 0.25) is 0 Å². The Kier molecular flexibility index (Phi) is 12.4. The maximum Gasteiger partial charge on any atom is 0.0199 e. The van der Waals surface area contributed by atoms with Crippen LogP contribution in [0, 0.1) is 5.92 Å². The van der Waals surface area contributed by atoms with Crippen LogP contribution in [0.1, 0.15) is 48.0 Å². The molecule has 0 saturated heterocycles. The van der Waals surface area contributed by atoms with Gasteiger partial charge in [0.2, 0.25) is 0 Å². The Morgan fingerprint density at radius 1 is 1.08 bits per heavy atom. The first-order valence-corrected chi connectivity index (χ1v) is 5.04. The first-order chi connectivity index (χ1) is 5.63. The van der Waals surface area contributed by atoms with E-state index in [1.807, 2.05) is 20.0 Å². The summed E-state index contributed by atoms with van der Waals surface area (Å²) in [6.07, 6.45) is 5.40. The van der Waals surface area contributed by atoms with Gasteiger partial charge in [-0.1, -0.05) is 33.8 Å². The quantitative estimate of drug-likeness (QED) is 0.682. The lowest BCUT2D eigenvalue weighted by molar-refractivity contribution is 0.652. The number of rotatable bonds is 4. The van der Waals surface area contributed by atoms with Crippen molar-refractivity contribution in [2.24, 2.45) is 5.92 Å². The minimum absolute atomic E-state index is 0.559. The van der Waals surface area contributed by atoms with E-state index < -0.39 is 0 Å². The van der Waals surface area contributed by atoms with Crippen molar-refractivity contribution in [3.8, 4) is 0 Å². The van der Waals surface area contributed by atoms with Gasteiger partial charge in [0, 0.05) is 6.04 Å². The molecule has 0 atom stereocenters. The second kappa shape index (κ2) is 10.5. The third-order valence-corrected chi connectivity index (χ3v) is 1.15. The first kappa shape index (κ1) is 14.1. The molecule has 0 bridgehead atoms. The summed E-state index contributed by atoms with van der Waals surface area (Å²) in [7, 11) is 0. The largest absolute Gasteiger partial charge is 0.389 e. The molecule has 0 unspecified atom stereocenters. The van der Waals surface area contributed by atoms with Crippen LogP contribution in [0.3, 0.4) is 0 Å². The van der Waals surface area contributed by atoms with Crippen molar-refractivity contribution in [2.45, 2.75) is 54.0 Å². The van der Waals surface area contributed by atoms with Crippen LogP contribution >= 0.6 is 0 Å². The highest BCUT2D eigenvalue weighted by molar-refractivity contribution is 4.81. The fourth-order valence-electron chi connectivity index (χ4n) is 0.601. The molecule has 0 aliphatic heterocycles. The summed E-state index contributed by atoms with van der Waals surface area (Å²) in [6, 6.07) is 0.559. The lowest BCUT2D eigenvalue weighted by atomic mass is 10.1. The fraction of sp³-hybridized carbons (Fsp3) is 0.818. The number of nitrogens with one attached hydrogen (secondary N) is 1. The predicted octanol–water partition coefficient (Wildman–Crippen LogP) is 3.57. The Balaban J connectivity index is 0. The molecule has 12 heavy (non-hydrogen) atoms. The molecule has 0 aliphatic carbocycles. The number of hydrogen-bond acceptors (Lipinski definition) is 1. The lowest BCUT2D eigenvalue weighted by Gasteiger charge is -2.03. The van der Waals surface area contributed by atoms with Gasteiger partial charge in [0.05, 0.1) is 0 Å². The molecule has 0 aromatic carbocycles. The Labute approximate surface area is 78.3 Å². The molecule has 0 saturated carbocycles. The zero-order chi connectivity index (χ0) is 9.98. The van der Waals surface area contributed by atoms with Gasteiger partial charge in [-0.15, -0.1) is 0 Å². The zero-order valence-electron chi connectivity index (χ0n) is 9.52. The monoisotopic (exact) mass is 171 g/mol. The van der Waals surface area contributed by atoms with Crippen LogP contribution in [0.25, 0.3) is 0 Å². The van der Waals surface area contributed by atoms with Gasteiger partial charge >= 0.3 is 0 Å². The molecule has 0 heterocycles. The summed E-state index contributed by atoms with van der Waals surface area (Å²) in [6.45, 7) is 12.7. The van der Waals surface area contributed by atoms with E-state index in [-0.39, 0.29) is 0 Å². The van der Waals surface area contributed by atoms with Gasteiger partial charge in [0.25, 0.3) is 0 Å². The van der Waals surface area contributed by atoms with Crippen molar-refractivity contribution in [1.82, 2.24) is 5.32 Å². The lowest BCUT2D eigenvalue weighted by Crippen LogP contribution is -2.15. The third-order valence-electron chi connectivity index (χ3n) is 1.15. The van der Waals surface area contributed by atoms with Gasteiger partial charge in [0.1, 0.15) is 0 Å². The Hall–Kier alpha value is -0.460. The molecule has 0 aliphatic rings. The van der Waals surface area contributed by atoms with Crippen molar-refractivity contribution >= 4 is 0 Å². The molecule has 0 fully saturated rings. The van der Waals surface area contributed by atoms with Gasteiger partial charge in [-0.25, -0.2) is 0 Å². The zero-order valence-corrected chi connectivity index (χ0v) is 9.52. The third kappa shape index (κ3) is 16.3. The van der Waals surface area contributed by atoms with E-state index in [1.165, 1.54) is 6.42 Å². The molecule has 1 nitrogen and oxygen atoms in total.